The first-order chi connectivity index (χ1) is 13.7. The minimum Gasteiger partial charge on any atom is -0.476 e. The van der Waals surface area contributed by atoms with Gasteiger partial charge in [-0.1, -0.05) is 35.9 Å². The fourth-order valence-electron chi connectivity index (χ4n) is 2.57. The average molecular weight is 440 g/mol. The molecule has 0 aliphatic carbocycles. The Morgan fingerprint density at radius 1 is 1.03 bits per heavy atom. The van der Waals surface area contributed by atoms with Crippen LogP contribution in [0.15, 0.2) is 48.5 Å². The Labute approximate surface area is 177 Å². The van der Waals surface area contributed by atoms with Gasteiger partial charge in [-0.05, 0) is 57.5 Å². The number of nitrogens with one attached hydrogen (secondary N) is 1. The fourth-order valence-corrected chi connectivity index (χ4v) is 4.45. The molecule has 0 aliphatic rings. The molecule has 0 atom stereocenters. The topological polar surface area (TPSA) is 73.9 Å². The number of para-hydroxylation sites is 1. The summed E-state index contributed by atoms with van der Waals surface area (Å²) in [7, 11) is -3.17. The minimum atomic E-state index is -3.17. The van der Waals surface area contributed by atoms with Gasteiger partial charge in [0.1, 0.15) is 5.75 Å². The summed E-state index contributed by atoms with van der Waals surface area (Å²) in [6.45, 7) is 7.51. The quantitative estimate of drug-likeness (QED) is 0.466. The van der Waals surface area contributed by atoms with E-state index < -0.39 is 13.2 Å². The van der Waals surface area contributed by atoms with Crippen LogP contribution in [-0.4, -0.2) is 24.7 Å². The number of halogens is 1. The van der Waals surface area contributed by atoms with Crippen molar-refractivity contribution < 1.29 is 23.1 Å². The lowest BCUT2D eigenvalue weighted by atomic mass is 10.1. The van der Waals surface area contributed by atoms with E-state index >= 15 is 0 Å². The monoisotopic (exact) mass is 439 g/mol. The zero-order valence-corrected chi connectivity index (χ0v) is 18.8. The molecule has 6 nitrogen and oxygen atoms in total. The number of ether oxygens (including phenoxy) is 1. The van der Waals surface area contributed by atoms with E-state index in [1.165, 1.54) is 0 Å². The van der Waals surface area contributed by atoms with Crippen molar-refractivity contribution in [2.45, 2.75) is 39.5 Å². The predicted octanol–water partition coefficient (Wildman–Crippen LogP) is 5.90. The van der Waals surface area contributed by atoms with Crippen LogP contribution in [0.25, 0.3) is 0 Å². The highest BCUT2D eigenvalue weighted by Crippen LogP contribution is 2.51. The third-order valence-corrected chi connectivity index (χ3v) is 6.36. The van der Waals surface area contributed by atoms with Gasteiger partial charge in [-0.15, -0.1) is 0 Å². The highest BCUT2D eigenvalue weighted by molar-refractivity contribution is 7.53. The molecule has 0 fully saturated rings. The summed E-state index contributed by atoms with van der Waals surface area (Å²) in [6.07, 6.45) is 0.171. The van der Waals surface area contributed by atoms with Crippen LogP contribution in [0.2, 0.25) is 5.02 Å². The standard InChI is InChI=1S/C21H27ClNO5P/c1-5-26-29(25,27-6-2)15-16-11-13-17(14-12-16)23-20(24)21(3,4)28-19-10-8-7-9-18(19)22/h7-14H,5-6,15H2,1-4H3,(H,23,24). The van der Waals surface area contributed by atoms with Crippen LogP contribution in [0.5, 0.6) is 5.75 Å². The van der Waals surface area contributed by atoms with Crippen LogP contribution < -0.4 is 10.1 Å². The molecule has 2 aromatic carbocycles. The number of hydrogen-bond donors (Lipinski definition) is 1. The molecular weight excluding hydrogens is 413 g/mol. The van der Waals surface area contributed by atoms with Gasteiger partial charge in [-0.2, -0.15) is 0 Å². The normalized spacial score (nSPS) is 11.9. The Bertz CT molecular complexity index is 860. The van der Waals surface area contributed by atoms with E-state index in [0.29, 0.717) is 29.7 Å². The predicted molar refractivity (Wildman–Crippen MR) is 116 cm³/mol. The van der Waals surface area contributed by atoms with E-state index in [4.69, 9.17) is 25.4 Å². The van der Waals surface area contributed by atoms with Crippen LogP contribution >= 0.6 is 19.2 Å². The highest BCUT2D eigenvalue weighted by atomic mass is 35.5. The first kappa shape index (κ1) is 23.4. The Hall–Kier alpha value is -1.85. The number of benzene rings is 2. The van der Waals surface area contributed by atoms with Gasteiger partial charge >= 0.3 is 7.60 Å². The Kier molecular flexibility index (Phi) is 8.29. The van der Waals surface area contributed by atoms with Crippen molar-refractivity contribution in [3.05, 3.63) is 59.1 Å². The molecule has 0 radical (unpaired) electrons. The van der Waals surface area contributed by atoms with Gasteiger partial charge in [0.25, 0.3) is 5.91 Å². The molecule has 0 unspecified atom stereocenters. The van der Waals surface area contributed by atoms with E-state index in [9.17, 15) is 9.36 Å². The van der Waals surface area contributed by atoms with Crippen molar-refractivity contribution in [3.8, 4) is 5.75 Å². The molecule has 2 aromatic rings. The Morgan fingerprint density at radius 3 is 2.17 bits per heavy atom. The Morgan fingerprint density at radius 2 is 1.62 bits per heavy atom. The van der Waals surface area contributed by atoms with Crippen molar-refractivity contribution in [2.75, 3.05) is 18.5 Å². The van der Waals surface area contributed by atoms with Crippen molar-refractivity contribution in [1.29, 1.82) is 0 Å². The summed E-state index contributed by atoms with van der Waals surface area (Å²) in [6, 6.07) is 14.0. The summed E-state index contributed by atoms with van der Waals surface area (Å²) in [5, 5.41) is 3.26. The average Bonchev–Trinajstić information content (AvgIpc) is 2.65. The molecule has 0 aliphatic heterocycles. The smallest absolute Gasteiger partial charge is 0.335 e. The number of rotatable bonds is 10. The fraction of sp³-hybridized carbons (Fsp3) is 0.381. The number of carbonyl (C=O) groups excluding carboxylic acids is 1. The van der Waals surface area contributed by atoms with Crippen LogP contribution in [0.3, 0.4) is 0 Å². The van der Waals surface area contributed by atoms with E-state index in [2.05, 4.69) is 5.32 Å². The highest BCUT2D eigenvalue weighted by Gasteiger charge is 2.31. The Balaban J connectivity index is 2.03. The molecule has 0 aromatic heterocycles. The first-order valence-electron chi connectivity index (χ1n) is 9.41. The third-order valence-electron chi connectivity index (χ3n) is 3.99. The maximum Gasteiger partial charge on any atom is 0.335 e. The van der Waals surface area contributed by atoms with E-state index in [1.54, 1.807) is 76.2 Å². The lowest BCUT2D eigenvalue weighted by Crippen LogP contribution is -2.42. The molecule has 8 heteroatoms. The second-order valence-electron chi connectivity index (χ2n) is 6.80. The van der Waals surface area contributed by atoms with E-state index in [-0.39, 0.29) is 12.1 Å². The summed E-state index contributed by atoms with van der Waals surface area (Å²) in [5.74, 6) is 0.117. The van der Waals surface area contributed by atoms with Gasteiger partial charge in [-0.25, -0.2) is 0 Å². The second-order valence-corrected chi connectivity index (χ2v) is 9.26. The van der Waals surface area contributed by atoms with Crippen LogP contribution in [0, 0.1) is 0 Å². The lowest BCUT2D eigenvalue weighted by molar-refractivity contribution is -0.128. The van der Waals surface area contributed by atoms with Gasteiger partial charge < -0.3 is 19.1 Å². The zero-order valence-electron chi connectivity index (χ0n) is 17.1. The molecule has 0 heterocycles. The third kappa shape index (κ3) is 6.86. The van der Waals surface area contributed by atoms with Gasteiger partial charge in [0, 0.05) is 5.69 Å². The number of hydrogen-bond acceptors (Lipinski definition) is 5. The number of amides is 1. The molecule has 0 spiro atoms. The molecular formula is C21H27ClNO5P. The molecule has 29 heavy (non-hydrogen) atoms. The summed E-state index contributed by atoms with van der Waals surface area (Å²) in [5.41, 5.74) is 0.251. The van der Waals surface area contributed by atoms with Crippen molar-refractivity contribution in [3.63, 3.8) is 0 Å². The molecule has 0 saturated carbocycles. The van der Waals surface area contributed by atoms with Crippen LogP contribution in [-0.2, 0) is 24.6 Å². The molecule has 0 saturated heterocycles. The van der Waals surface area contributed by atoms with Gasteiger partial charge in [0.05, 0.1) is 24.4 Å². The van der Waals surface area contributed by atoms with Crippen LogP contribution in [0.4, 0.5) is 5.69 Å². The van der Waals surface area contributed by atoms with E-state index in [1.807, 2.05) is 0 Å². The molecule has 2 rings (SSSR count). The lowest BCUT2D eigenvalue weighted by Gasteiger charge is -2.26. The second kappa shape index (κ2) is 10.3. The first-order valence-corrected chi connectivity index (χ1v) is 11.5. The maximum atomic E-state index is 12.7. The van der Waals surface area contributed by atoms with Gasteiger partial charge in [-0.3, -0.25) is 9.36 Å². The van der Waals surface area contributed by atoms with Crippen molar-refractivity contribution >= 4 is 30.8 Å². The summed E-state index contributed by atoms with van der Waals surface area (Å²) < 4.78 is 29.1. The number of carbonyl (C=O) groups is 1. The van der Waals surface area contributed by atoms with E-state index in [0.717, 1.165) is 5.56 Å². The molecule has 1 N–H and O–H groups in total. The zero-order chi connectivity index (χ0) is 21.5. The van der Waals surface area contributed by atoms with Crippen molar-refractivity contribution in [2.24, 2.45) is 0 Å². The van der Waals surface area contributed by atoms with Crippen LogP contribution in [0.1, 0.15) is 33.3 Å². The molecule has 158 valence electrons. The summed E-state index contributed by atoms with van der Waals surface area (Å²) >= 11 is 6.11. The summed E-state index contributed by atoms with van der Waals surface area (Å²) in [4.78, 5) is 12.7. The largest absolute Gasteiger partial charge is 0.476 e. The van der Waals surface area contributed by atoms with Gasteiger partial charge in [0.15, 0.2) is 5.60 Å². The number of anilines is 1. The van der Waals surface area contributed by atoms with Crippen molar-refractivity contribution in [1.82, 2.24) is 0 Å². The minimum absolute atomic E-state index is 0.171. The SMILES string of the molecule is CCOP(=O)(Cc1ccc(NC(=O)C(C)(C)Oc2ccccc2Cl)cc1)OCC. The molecule has 1 amide bonds. The molecule has 0 bridgehead atoms. The van der Waals surface area contributed by atoms with Gasteiger partial charge in [0.2, 0.25) is 0 Å². The maximum absolute atomic E-state index is 12.7.